The Morgan fingerprint density at radius 3 is 2.43 bits per heavy atom. The average Bonchev–Trinajstić information content (AvgIpc) is 3.30. The molecule has 1 aliphatic rings. The monoisotopic (exact) mass is 566 g/mol. The fourth-order valence-corrected chi connectivity index (χ4v) is 6.86. The highest BCUT2D eigenvalue weighted by Crippen LogP contribution is 2.39. The Kier molecular flexibility index (Phi) is 7.22. The Balaban J connectivity index is 1.59. The molecule has 0 spiro atoms. The van der Waals surface area contributed by atoms with Crippen molar-refractivity contribution in [1.82, 2.24) is 20.4 Å². The van der Waals surface area contributed by atoms with Crippen LogP contribution in [0.2, 0.25) is 0 Å². The van der Waals surface area contributed by atoms with Crippen molar-refractivity contribution in [3.8, 4) is 10.7 Å². The number of fused-ring (bicyclic) bond motifs is 1. The summed E-state index contributed by atoms with van der Waals surface area (Å²) in [6.45, 7) is 0.0320. The van der Waals surface area contributed by atoms with Gasteiger partial charge >= 0.3 is 12.1 Å². The summed E-state index contributed by atoms with van der Waals surface area (Å²) in [7, 11) is -4.26. The van der Waals surface area contributed by atoms with Crippen molar-refractivity contribution < 1.29 is 45.1 Å². The third-order valence-electron chi connectivity index (χ3n) is 6.03. The van der Waals surface area contributed by atoms with Crippen LogP contribution in [-0.4, -0.2) is 64.5 Å². The van der Waals surface area contributed by atoms with Crippen LogP contribution >= 0.6 is 11.3 Å². The van der Waals surface area contributed by atoms with Crippen molar-refractivity contribution in [2.45, 2.75) is 47.4 Å². The zero-order chi connectivity index (χ0) is 27.1. The molecule has 1 amide bonds. The van der Waals surface area contributed by atoms with Crippen LogP contribution in [-0.2, 0) is 25.8 Å². The molecular weight excluding hydrogens is 547 g/mol. The van der Waals surface area contributed by atoms with Crippen LogP contribution in [0.4, 0.5) is 22.0 Å². The van der Waals surface area contributed by atoms with Gasteiger partial charge in [0.25, 0.3) is 5.91 Å². The van der Waals surface area contributed by atoms with Gasteiger partial charge in [-0.3, -0.25) is 20.0 Å². The molecule has 1 aliphatic heterocycles. The Morgan fingerprint density at radius 2 is 1.84 bits per heavy atom. The van der Waals surface area contributed by atoms with Gasteiger partial charge in [-0.2, -0.15) is 22.0 Å². The number of hydrogen-bond donors (Lipinski definition) is 2. The average molecular weight is 567 g/mol. The molecule has 3 aromatic rings. The summed E-state index contributed by atoms with van der Waals surface area (Å²) in [5.74, 6) is -5.90. The molecule has 0 bridgehead atoms. The second-order valence-corrected chi connectivity index (χ2v) is 11.6. The molecule has 37 heavy (non-hydrogen) atoms. The molecular formula is C21H19F5N4O5S2. The highest BCUT2D eigenvalue weighted by molar-refractivity contribution is 7.93. The number of carbonyl (C=O) groups excluding carboxylic acids is 1. The molecule has 0 aliphatic carbocycles. The fraction of sp³-hybridized carbons (Fsp3) is 0.429. The topological polar surface area (TPSA) is 131 Å². The van der Waals surface area contributed by atoms with Gasteiger partial charge in [0.1, 0.15) is 10.7 Å². The van der Waals surface area contributed by atoms with Crippen molar-refractivity contribution in [2.75, 3.05) is 13.2 Å². The molecule has 2 aromatic heterocycles. The number of halogens is 5. The van der Waals surface area contributed by atoms with Crippen molar-refractivity contribution in [1.29, 1.82) is 0 Å². The molecule has 0 radical (unpaired) electrons. The summed E-state index contributed by atoms with van der Waals surface area (Å²) >= 11 is 1.05. The van der Waals surface area contributed by atoms with E-state index in [-0.39, 0.29) is 42.3 Å². The van der Waals surface area contributed by atoms with Gasteiger partial charge in [0, 0.05) is 25.8 Å². The molecule has 200 valence electrons. The number of carbonyl (C=O) groups is 1. The lowest BCUT2D eigenvalue weighted by Crippen LogP contribution is -2.54. The molecule has 2 N–H and O–H groups in total. The molecule has 1 aromatic carbocycles. The minimum absolute atomic E-state index is 0.0160. The van der Waals surface area contributed by atoms with Crippen LogP contribution in [0, 0.1) is 0 Å². The van der Waals surface area contributed by atoms with Gasteiger partial charge in [-0.05, 0) is 37.5 Å². The van der Waals surface area contributed by atoms with Crippen molar-refractivity contribution in [3.63, 3.8) is 0 Å². The van der Waals surface area contributed by atoms with E-state index >= 15 is 0 Å². The van der Waals surface area contributed by atoms with E-state index in [1.165, 1.54) is 29.9 Å². The van der Waals surface area contributed by atoms with Crippen LogP contribution in [0.3, 0.4) is 0 Å². The minimum atomic E-state index is -5.65. The minimum Gasteiger partial charge on any atom is -0.381 e. The number of amides is 1. The fourth-order valence-electron chi connectivity index (χ4n) is 3.85. The number of thiazole rings is 1. The number of ether oxygens (including phenoxy) is 1. The van der Waals surface area contributed by atoms with E-state index in [1.807, 2.05) is 0 Å². The zero-order valence-corrected chi connectivity index (χ0v) is 20.4. The molecule has 0 atom stereocenters. The van der Waals surface area contributed by atoms with Crippen molar-refractivity contribution >= 4 is 37.3 Å². The molecule has 4 rings (SSSR count). The van der Waals surface area contributed by atoms with Gasteiger partial charge in [0.05, 0.1) is 27.0 Å². The van der Waals surface area contributed by atoms with Gasteiger partial charge < -0.3 is 4.74 Å². The van der Waals surface area contributed by atoms with E-state index in [0.717, 1.165) is 17.5 Å². The maximum absolute atomic E-state index is 13.5. The number of benzene rings is 1. The third-order valence-corrected chi connectivity index (χ3v) is 9.57. The summed E-state index contributed by atoms with van der Waals surface area (Å²) in [4.78, 5) is 24.5. The lowest BCUT2D eigenvalue weighted by molar-refractivity contribution is -0.284. The van der Waals surface area contributed by atoms with E-state index in [9.17, 15) is 40.4 Å². The van der Waals surface area contributed by atoms with E-state index in [0.29, 0.717) is 15.2 Å². The SMILES string of the molecule is O=C(NO)C1(S(=O)(=O)c2ccc3nc(-c4cnc(CCC(F)(F)C(F)(F)F)cn4)sc3c2)CCOCC1. The Bertz CT molecular complexity index is 1400. The van der Waals surface area contributed by atoms with Crippen LogP contribution < -0.4 is 5.48 Å². The summed E-state index contributed by atoms with van der Waals surface area (Å²) < 4.78 is 94.0. The summed E-state index contributed by atoms with van der Waals surface area (Å²) in [6.07, 6.45) is -5.81. The first-order chi connectivity index (χ1) is 17.3. The predicted octanol–water partition coefficient (Wildman–Crippen LogP) is 3.71. The molecule has 1 saturated heterocycles. The van der Waals surface area contributed by atoms with Crippen molar-refractivity contribution in [2.24, 2.45) is 0 Å². The Morgan fingerprint density at radius 1 is 1.14 bits per heavy atom. The van der Waals surface area contributed by atoms with Crippen LogP contribution in [0.5, 0.6) is 0 Å². The number of hydroxylamine groups is 1. The highest BCUT2D eigenvalue weighted by atomic mass is 32.2. The predicted molar refractivity (Wildman–Crippen MR) is 120 cm³/mol. The molecule has 0 saturated carbocycles. The zero-order valence-electron chi connectivity index (χ0n) is 18.8. The van der Waals surface area contributed by atoms with E-state index < -0.39 is 45.4 Å². The lowest BCUT2D eigenvalue weighted by atomic mass is 9.98. The second kappa shape index (κ2) is 9.81. The number of aryl methyl sites for hydroxylation is 1. The second-order valence-electron chi connectivity index (χ2n) is 8.29. The smallest absolute Gasteiger partial charge is 0.381 e. The van der Waals surface area contributed by atoms with Gasteiger partial charge in [-0.15, -0.1) is 11.3 Å². The number of aromatic nitrogens is 3. The van der Waals surface area contributed by atoms with E-state index in [2.05, 4.69) is 15.0 Å². The molecule has 1 fully saturated rings. The normalized spacial score (nSPS) is 16.6. The number of nitrogens with zero attached hydrogens (tertiary/aromatic N) is 3. The van der Waals surface area contributed by atoms with Crippen molar-refractivity contribution in [3.05, 3.63) is 36.3 Å². The first-order valence-corrected chi connectivity index (χ1v) is 13.0. The van der Waals surface area contributed by atoms with Crippen LogP contribution in [0.25, 0.3) is 20.9 Å². The third kappa shape index (κ3) is 5.02. The maximum atomic E-state index is 13.5. The van der Waals surface area contributed by atoms with Gasteiger partial charge in [0.15, 0.2) is 14.6 Å². The summed E-state index contributed by atoms with van der Waals surface area (Å²) in [5.41, 5.74) is 1.99. The van der Waals surface area contributed by atoms with Gasteiger partial charge in [-0.25, -0.2) is 18.9 Å². The van der Waals surface area contributed by atoms with E-state index in [4.69, 9.17) is 4.74 Å². The highest BCUT2D eigenvalue weighted by Gasteiger charge is 2.56. The van der Waals surface area contributed by atoms with Crippen LogP contribution in [0.15, 0.2) is 35.5 Å². The van der Waals surface area contributed by atoms with E-state index in [1.54, 1.807) is 0 Å². The molecule has 0 unspecified atom stereocenters. The molecule has 3 heterocycles. The maximum Gasteiger partial charge on any atom is 0.453 e. The summed E-state index contributed by atoms with van der Waals surface area (Å²) in [5, 5.41) is 9.48. The number of alkyl halides is 5. The number of rotatable bonds is 7. The van der Waals surface area contributed by atoms with Gasteiger partial charge in [0.2, 0.25) is 0 Å². The molecule has 9 nitrogen and oxygen atoms in total. The van der Waals surface area contributed by atoms with Crippen LogP contribution in [0.1, 0.15) is 25.0 Å². The number of nitrogens with one attached hydrogen (secondary N) is 1. The quantitative estimate of drug-likeness (QED) is 0.251. The van der Waals surface area contributed by atoms with Gasteiger partial charge in [-0.1, -0.05) is 0 Å². The standard InChI is InChI=1S/C21H19F5N4O5S2/c22-20(23,21(24,25)26)4-3-12-10-28-15(11-27-12)17-29-14-2-1-13(9-16(14)36-17)37(33,34)19(18(31)30-32)5-7-35-8-6-19/h1-2,9-11,32H,3-8H2,(H,30,31). The summed E-state index contributed by atoms with van der Waals surface area (Å²) in [6, 6.07) is 4.07. The Hall–Kier alpha value is -2.82. The number of hydrogen-bond acceptors (Lipinski definition) is 9. The lowest BCUT2D eigenvalue weighted by Gasteiger charge is -2.34. The Labute approximate surface area is 210 Å². The largest absolute Gasteiger partial charge is 0.453 e. The first kappa shape index (κ1) is 27.2. The number of sulfone groups is 1. The molecule has 16 heteroatoms. The first-order valence-electron chi connectivity index (χ1n) is 10.7.